The van der Waals surface area contributed by atoms with Gasteiger partial charge in [0.2, 0.25) is 0 Å². The van der Waals surface area contributed by atoms with Gasteiger partial charge in [-0.25, -0.2) is 9.13 Å². The van der Waals surface area contributed by atoms with Crippen LogP contribution in [0.5, 0.6) is 0 Å². The topological polar surface area (TPSA) is 237 Å². The smallest absolute Gasteiger partial charge is 0.462 e. The fourth-order valence-corrected chi connectivity index (χ4v) is 12.3. The van der Waals surface area contributed by atoms with Gasteiger partial charge in [0.1, 0.15) is 19.3 Å². The van der Waals surface area contributed by atoms with Gasteiger partial charge in [-0.15, -0.1) is 0 Å². The van der Waals surface area contributed by atoms with Crippen molar-refractivity contribution in [3.05, 3.63) is 48.6 Å². The first-order valence-electron chi connectivity index (χ1n) is 38.9. The molecule has 0 saturated heterocycles. The zero-order chi connectivity index (χ0) is 70.4. The molecule has 0 aliphatic rings. The van der Waals surface area contributed by atoms with Crippen LogP contribution < -0.4 is 0 Å². The lowest BCUT2D eigenvalue weighted by Gasteiger charge is -2.21. The fourth-order valence-electron chi connectivity index (χ4n) is 10.8. The number of rotatable bonds is 74. The largest absolute Gasteiger partial charge is 0.472 e. The molecule has 0 aromatic carbocycles. The summed E-state index contributed by atoms with van der Waals surface area (Å²) in [4.78, 5) is 72.8. The van der Waals surface area contributed by atoms with Crippen molar-refractivity contribution in [2.75, 3.05) is 39.6 Å². The van der Waals surface area contributed by atoms with Gasteiger partial charge in [0.25, 0.3) is 0 Å². The minimum absolute atomic E-state index is 0.0863. The average molecular weight is 1400 g/mol. The average Bonchev–Trinajstić information content (AvgIpc) is 1.17. The second-order valence-corrected chi connectivity index (χ2v) is 29.2. The van der Waals surface area contributed by atoms with Crippen molar-refractivity contribution in [1.82, 2.24) is 0 Å². The molecular formula is C77H142O17P2. The van der Waals surface area contributed by atoms with Crippen molar-refractivity contribution in [3.8, 4) is 0 Å². The van der Waals surface area contributed by atoms with Gasteiger partial charge in [0, 0.05) is 25.7 Å². The predicted octanol–water partition coefficient (Wildman–Crippen LogP) is 22.1. The number of allylic oxidation sites excluding steroid dienone is 8. The van der Waals surface area contributed by atoms with Crippen LogP contribution in [0, 0.1) is 0 Å². The molecular weight excluding hydrogens is 1260 g/mol. The number of unbranched alkanes of at least 4 members (excludes halogenated alkanes) is 40. The van der Waals surface area contributed by atoms with Crippen LogP contribution in [0.25, 0.3) is 0 Å². The molecule has 3 N–H and O–H groups in total. The Morgan fingerprint density at radius 2 is 0.510 bits per heavy atom. The summed E-state index contributed by atoms with van der Waals surface area (Å²) in [6.45, 7) is 4.86. The quantitative estimate of drug-likeness (QED) is 0.0169. The number of hydrogen-bond acceptors (Lipinski definition) is 15. The Hall–Kier alpha value is -2.98. The molecule has 0 spiro atoms. The first-order valence-corrected chi connectivity index (χ1v) is 41.9. The summed E-state index contributed by atoms with van der Waals surface area (Å²) in [6, 6.07) is 0. The molecule has 0 fully saturated rings. The van der Waals surface area contributed by atoms with Gasteiger partial charge in [-0.3, -0.25) is 37.3 Å². The third kappa shape index (κ3) is 69.5. The summed E-state index contributed by atoms with van der Waals surface area (Å²) >= 11 is 0. The Kier molecular flexibility index (Phi) is 68.3. The monoisotopic (exact) mass is 1400 g/mol. The molecule has 19 heteroatoms. The normalized spacial score (nSPS) is 14.2. The number of phosphoric acid groups is 2. The molecule has 0 aliphatic carbocycles. The van der Waals surface area contributed by atoms with Gasteiger partial charge in [-0.05, 0) is 109 Å². The SMILES string of the molecule is CCCCC/C=C\C/C=C\CCCCCCCC(=O)OC[C@H](COP(=O)(O)OC[C@@H](O)COP(=O)(O)OC[C@@H](COC(=O)CCCCCCCCCCCCCCC)OC(=O)CCCCCCC/C=C\CCCCCCCC)OC(=O)CCCCCCC/C=C\CCCCCC. The van der Waals surface area contributed by atoms with Gasteiger partial charge < -0.3 is 33.8 Å². The van der Waals surface area contributed by atoms with Crippen LogP contribution in [0.4, 0.5) is 0 Å². The van der Waals surface area contributed by atoms with E-state index in [0.717, 1.165) is 141 Å². The highest BCUT2D eigenvalue weighted by molar-refractivity contribution is 7.47. The van der Waals surface area contributed by atoms with E-state index in [4.69, 9.17) is 37.0 Å². The van der Waals surface area contributed by atoms with E-state index >= 15 is 0 Å². The summed E-state index contributed by atoms with van der Waals surface area (Å²) in [5.74, 6) is -2.17. The Balaban J connectivity index is 5.33. The van der Waals surface area contributed by atoms with Gasteiger partial charge >= 0.3 is 39.5 Å². The number of phosphoric ester groups is 2. The molecule has 0 radical (unpaired) electrons. The molecule has 0 heterocycles. The van der Waals surface area contributed by atoms with Gasteiger partial charge in [0.05, 0.1) is 26.4 Å². The molecule has 562 valence electrons. The Morgan fingerprint density at radius 1 is 0.292 bits per heavy atom. The molecule has 96 heavy (non-hydrogen) atoms. The van der Waals surface area contributed by atoms with E-state index in [1.165, 1.54) is 141 Å². The molecule has 0 aliphatic heterocycles. The lowest BCUT2D eigenvalue weighted by atomic mass is 10.0. The third-order valence-electron chi connectivity index (χ3n) is 16.8. The van der Waals surface area contributed by atoms with E-state index in [9.17, 15) is 43.2 Å². The maximum absolute atomic E-state index is 13.1. The molecule has 0 amide bonds. The van der Waals surface area contributed by atoms with Crippen molar-refractivity contribution in [1.29, 1.82) is 0 Å². The number of carbonyl (C=O) groups excluding carboxylic acids is 4. The summed E-state index contributed by atoms with van der Waals surface area (Å²) in [5, 5.41) is 10.6. The van der Waals surface area contributed by atoms with Gasteiger partial charge in [-0.1, -0.05) is 275 Å². The van der Waals surface area contributed by atoms with Gasteiger partial charge in [-0.2, -0.15) is 0 Å². The standard InChI is InChI=1S/C77H142O17P2/c1-5-9-13-17-21-25-29-33-35-39-42-46-50-54-58-62-75(80)88-68-72(93-76(81)63-59-55-51-47-43-38-32-28-24-20-16-12-8-4)69-91-95(83,84)89-65-71(78)66-90-96(85,86)92-70-73(67-87-74(79)61-57-53-49-45-41-37-31-27-23-19-15-11-7-3)94-77(82)64-60-56-52-48-44-40-36-34-30-26-22-18-14-10-6-2/h21,25,28,32-36,71-73,78H,5-20,22-24,26-27,29-31,37-70H2,1-4H3,(H,83,84)(H,85,86)/b25-21-,32-28-,35-33-,36-34-/t71-,72-,73-/m1/s1. The number of hydrogen-bond donors (Lipinski definition) is 3. The van der Waals surface area contributed by atoms with E-state index in [-0.39, 0.29) is 25.7 Å². The maximum Gasteiger partial charge on any atom is 0.472 e. The lowest BCUT2D eigenvalue weighted by molar-refractivity contribution is -0.161. The number of carbonyl (C=O) groups is 4. The van der Waals surface area contributed by atoms with Crippen LogP contribution in [-0.2, 0) is 65.4 Å². The highest BCUT2D eigenvalue weighted by Crippen LogP contribution is 2.45. The fraction of sp³-hybridized carbons (Fsp3) is 0.844. The minimum atomic E-state index is -4.97. The van der Waals surface area contributed by atoms with Crippen LogP contribution in [0.1, 0.15) is 362 Å². The zero-order valence-corrected chi connectivity index (χ0v) is 63.1. The molecule has 0 aromatic rings. The predicted molar refractivity (Wildman–Crippen MR) is 390 cm³/mol. The Labute approximate surface area is 585 Å². The zero-order valence-electron chi connectivity index (χ0n) is 61.3. The van der Waals surface area contributed by atoms with Crippen molar-refractivity contribution < 1.29 is 80.2 Å². The maximum atomic E-state index is 13.1. The third-order valence-corrected chi connectivity index (χ3v) is 18.7. The van der Waals surface area contributed by atoms with E-state index in [1.54, 1.807) is 0 Å². The molecule has 0 bridgehead atoms. The van der Waals surface area contributed by atoms with Crippen molar-refractivity contribution in [3.63, 3.8) is 0 Å². The molecule has 5 atom stereocenters. The van der Waals surface area contributed by atoms with E-state index in [2.05, 4.69) is 76.3 Å². The molecule has 0 aromatic heterocycles. The van der Waals surface area contributed by atoms with E-state index in [1.807, 2.05) is 0 Å². The van der Waals surface area contributed by atoms with Crippen molar-refractivity contribution >= 4 is 39.5 Å². The van der Waals surface area contributed by atoms with Crippen LogP contribution in [0.2, 0.25) is 0 Å². The van der Waals surface area contributed by atoms with Crippen molar-refractivity contribution in [2.45, 2.75) is 380 Å². The number of aliphatic hydroxyl groups excluding tert-OH is 1. The molecule has 0 saturated carbocycles. The minimum Gasteiger partial charge on any atom is -0.462 e. The van der Waals surface area contributed by atoms with Crippen LogP contribution in [0.15, 0.2) is 48.6 Å². The Bertz CT molecular complexity index is 2010. The first-order chi connectivity index (χ1) is 46.7. The molecule has 0 rings (SSSR count). The highest BCUT2D eigenvalue weighted by atomic mass is 31.2. The summed E-state index contributed by atoms with van der Waals surface area (Å²) in [6.07, 6.45) is 66.6. The number of aliphatic hydroxyl groups is 1. The van der Waals surface area contributed by atoms with Crippen LogP contribution in [0.3, 0.4) is 0 Å². The highest BCUT2D eigenvalue weighted by Gasteiger charge is 2.30. The summed E-state index contributed by atoms with van der Waals surface area (Å²) in [7, 11) is -9.94. The molecule has 17 nitrogen and oxygen atoms in total. The van der Waals surface area contributed by atoms with E-state index in [0.29, 0.717) is 25.7 Å². The van der Waals surface area contributed by atoms with E-state index < -0.39 is 97.5 Å². The summed E-state index contributed by atoms with van der Waals surface area (Å²) < 4.78 is 68.5. The second kappa shape index (κ2) is 70.5. The van der Waals surface area contributed by atoms with Gasteiger partial charge in [0.15, 0.2) is 12.2 Å². The summed E-state index contributed by atoms with van der Waals surface area (Å²) in [5.41, 5.74) is 0. The van der Waals surface area contributed by atoms with Crippen molar-refractivity contribution in [2.24, 2.45) is 0 Å². The lowest BCUT2D eigenvalue weighted by Crippen LogP contribution is -2.30. The molecule has 2 unspecified atom stereocenters. The van der Waals surface area contributed by atoms with Crippen LogP contribution in [-0.4, -0.2) is 96.7 Å². The number of esters is 4. The van der Waals surface area contributed by atoms with Crippen LogP contribution >= 0.6 is 15.6 Å². The Morgan fingerprint density at radius 3 is 0.812 bits per heavy atom. The first kappa shape index (κ1) is 93.0. The number of ether oxygens (including phenoxy) is 4. The second-order valence-electron chi connectivity index (χ2n) is 26.3.